The lowest BCUT2D eigenvalue weighted by atomic mass is 9.90. The Morgan fingerprint density at radius 1 is 1.32 bits per heavy atom. The Kier molecular flexibility index (Phi) is 4.22. The van der Waals surface area contributed by atoms with E-state index in [9.17, 15) is 9.59 Å². The minimum atomic E-state index is -0.576. The van der Waals surface area contributed by atoms with Crippen LogP contribution < -0.4 is 11.1 Å². The van der Waals surface area contributed by atoms with Gasteiger partial charge in [0.25, 0.3) is 5.91 Å². The van der Waals surface area contributed by atoms with Gasteiger partial charge in [-0.3, -0.25) is 9.59 Å². The number of nitrogens with two attached hydrogens (primary N) is 1. The van der Waals surface area contributed by atoms with Gasteiger partial charge in [-0.2, -0.15) is 5.10 Å². The average molecular weight is 451 g/mol. The molecule has 0 aromatic carbocycles. The van der Waals surface area contributed by atoms with Crippen LogP contribution in [-0.4, -0.2) is 26.6 Å². The van der Waals surface area contributed by atoms with Gasteiger partial charge < -0.3 is 11.1 Å². The molecule has 0 bridgehead atoms. The summed E-state index contributed by atoms with van der Waals surface area (Å²) in [5.74, 6) is 0.265. The Bertz CT molecular complexity index is 859. The number of carbonyl (C=O) groups excluding carboxylic acids is 2. The number of fused-ring (bicyclic) bond motifs is 1. The Morgan fingerprint density at radius 3 is 2.80 bits per heavy atom. The van der Waals surface area contributed by atoms with Gasteiger partial charge in [-0.15, -0.1) is 0 Å². The molecule has 2 aromatic rings. The smallest absolute Gasteiger partial charge is 0.269 e. The summed E-state index contributed by atoms with van der Waals surface area (Å²) in [6, 6.07) is 3.59. The molecule has 130 valence electrons. The molecule has 25 heavy (non-hydrogen) atoms. The van der Waals surface area contributed by atoms with Gasteiger partial charge in [-0.05, 0) is 66.8 Å². The van der Waals surface area contributed by atoms with E-state index < -0.39 is 5.91 Å². The highest BCUT2D eigenvalue weighted by molar-refractivity contribution is 14.1. The topological polar surface area (TPSA) is 103 Å². The second-order valence-corrected chi connectivity index (χ2v) is 7.79. The summed E-state index contributed by atoms with van der Waals surface area (Å²) in [5.41, 5.74) is 7.48. The van der Waals surface area contributed by atoms with E-state index in [4.69, 9.17) is 5.73 Å². The minimum absolute atomic E-state index is 0.0633. The van der Waals surface area contributed by atoms with E-state index in [1.807, 2.05) is 12.1 Å². The molecule has 2 heterocycles. The first kappa shape index (κ1) is 16.5. The lowest BCUT2D eigenvalue weighted by Gasteiger charge is -2.24. The van der Waals surface area contributed by atoms with Crippen molar-refractivity contribution in [2.24, 2.45) is 11.7 Å². The van der Waals surface area contributed by atoms with Crippen molar-refractivity contribution in [3.63, 3.8) is 0 Å². The van der Waals surface area contributed by atoms with Crippen molar-refractivity contribution in [1.82, 2.24) is 20.1 Å². The molecular weight excluding hydrogens is 433 g/mol. The SMILES string of the molecule is NC(=O)c1nn(-c2cc(I)ccn2)c2c1C(NC(=O)C1CC1)CCC2. The van der Waals surface area contributed by atoms with Gasteiger partial charge >= 0.3 is 0 Å². The number of primary amides is 1. The summed E-state index contributed by atoms with van der Waals surface area (Å²) >= 11 is 2.21. The van der Waals surface area contributed by atoms with E-state index in [0.29, 0.717) is 5.82 Å². The first-order chi connectivity index (χ1) is 12.0. The average Bonchev–Trinajstić information content (AvgIpc) is 3.35. The van der Waals surface area contributed by atoms with E-state index in [-0.39, 0.29) is 23.6 Å². The number of rotatable bonds is 4. The maximum absolute atomic E-state index is 12.2. The number of carbonyl (C=O) groups is 2. The number of hydrogen-bond acceptors (Lipinski definition) is 4. The van der Waals surface area contributed by atoms with Crippen molar-refractivity contribution in [2.75, 3.05) is 0 Å². The first-order valence-electron chi connectivity index (χ1n) is 8.38. The van der Waals surface area contributed by atoms with Crippen molar-refractivity contribution in [1.29, 1.82) is 0 Å². The van der Waals surface area contributed by atoms with Crippen molar-refractivity contribution >= 4 is 34.4 Å². The fraction of sp³-hybridized carbons (Fsp3) is 0.412. The largest absolute Gasteiger partial charge is 0.364 e. The van der Waals surface area contributed by atoms with Crippen LogP contribution in [0.5, 0.6) is 0 Å². The number of pyridine rings is 1. The molecule has 2 aromatic heterocycles. The van der Waals surface area contributed by atoms with Gasteiger partial charge in [0.05, 0.1) is 11.7 Å². The third-order valence-corrected chi connectivity index (χ3v) is 5.37. The molecule has 0 spiro atoms. The zero-order valence-electron chi connectivity index (χ0n) is 13.5. The molecule has 0 aliphatic heterocycles. The predicted molar refractivity (Wildman–Crippen MR) is 99.1 cm³/mol. The van der Waals surface area contributed by atoms with Crippen LogP contribution in [0.15, 0.2) is 18.3 Å². The number of aromatic nitrogens is 3. The monoisotopic (exact) mass is 451 g/mol. The highest BCUT2D eigenvalue weighted by atomic mass is 127. The van der Waals surface area contributed by atoms with Gasteiger partial charge in [0, 0.05) is 21.2 Å². The molecule has 4 rings (SSSR count). The summed E-state index contributed by atoms with van der Waals surface area (Å²) in [5, 5.41) is 7.53. The fourth-order valence-electron chi connectivity index (χ4n) is 3.35. The minimum Gasteiger partial charge on any atom is -0.364 e. The Hall–Kier alpha value is -1.97. The highest BCUT2D eigenvalue weighted by Gasteiger charge is 2.36. The van der Waals surface area contributed by atoms with Crippen LogP contribution in [0.2, 0.25) is 0 Å². The van der Waals surface area contributed by atoms with Crippen molar-refractivity contribution in [3.05, 3.63) is 38.9 Å². The highest BCUT2D eigenvalue weighted by Crippen LogP contribution is 2.36. The molecule has 1 atom stereocenters. The Balaban J connectivity index is 1.78. The number of nitrogens with zero attached hydrogens (tertiary/aromatic N) is 3. The van der Waals surface area contributed by atoms with E-state index in [1.54, 1.807) is 10.9 Å². The molecule has 3 N–H and O–H groups in total. The molecule has 1 saturated carbocycles. The second-order valence-electron chi connectivity index (χ2n) is 6.54. The lowest BCUT2D eigenvalue weighted by molar-refractivity contribution is -0.123. The molecule has 2 aliphatic carbocycles. The zero-order valence-corrected chi connectivity index (χ0v) is 15.7. The van der Waals surface area contributed by atoms with Crippen LogP contribution in [0, 0.1) is 9.49 Å². The van der Waals surface area contributed by atoms with Crippen molar-refractivity contribution < 1.29 is 9.59 Å². The van der Waals surface area contributed by atoms with Gasteiger partial charge in [0.1, 0.15) is 0 Å². The molecular formula is C17H18IN5O2. The van der Waals surface area contributed by atoms with E-state index in [0.717, 1.165) is 46.9 Å². The third kappa shape index (κ3) is 3.14. The quantitative estimate of drug-likeness (QED) is 0.693. The summed E-state index contributed by atoms with van der Waals surface area (Å²) in [6.45, 7) is 0. The zero-order chi connectivity index (χ0) is 17.6. The summed E-state index contributed by atoms with van der Waals surface area (Å²) in [7, 11) is 0. The second kappa shape index (κ2) is 6.40. The van der Waals surface area contributed by atoms with Gasteiger partial charge in [0.2, 0.25) is 5.91 Å². The normalized spacial score (nSPS) is 19.3. The molecule has 7 nitrogen and oxygen atoms in total. The number of halogens is 1. The molecule has 8 heteroatoms. The molecule has 0 saturated heterocycles. The number of amides is 2. The predicted octanol–water partition coefficient (Wildman–Crippen LogP) is 1.87. The molecule has 1 unspecified atom stereocenters. The van der Waals surface area contributed by atoms with Crippen LogP contribution in [-0.2, 0) is 11.2 Å². The standard InChI is InChI=1S/C17H18IN5O2/c18-10-6-7-20-13(8-10)23-12-3-1-2-11(21-17(25)9-4-5-9)14(12)15(22-23)16(19)24/h6-9,11H,1-5H2,(H2,19,24)(H,21,25). The van der Waals surface area contributed by atoms with Crippen LogP contribution in [0.1, 0.15) is 53.5 Å². The maximum Gasteiger partial charge on any atom is 0.269 e. The molecule has 2 amide bonds. The Labute approximate surface area is 158 Å². The molecule has 2 aliphatic rings. The van der Waals surface area contributed by atoms with Crippen LogP contribution in [0.3, 0.4) is 0 Å². The van der Waals surface area contributed by atoms with Gasteiger partial charge in [-0.25, -0.2) is 9.67 Å². The summed E-state index contributed by atoms with van der Waals surface area (Å²) in [6.07, 6.45) is 6.08. The Morgan fingerprint density at radius 2 is 2.12 bits per heavy atom. The van der Waals surface area contributed by atoms with E-state index >= 15 is 0 Å². The summed E-state index contributed by atoms with van der Waals surface area (Å²) < 4.78 is 2.73. The molecule has 1 fully saturated rings. The van der Waals surface area contributed by atoms with E-state index in [2.05, 4.69) is 38.0 Å². The fourth-order valence-corrected chi connectivity index (χ4v) is 3.79. The molecule has 0 radical (unpaired) electrons. The van der Waals surface area contributed by atoms with Gasteiger partial charge in [0.15, 0.2) is 11.5 Å². The van der Waals surface area contributed by atoms with Crippen LogP contribution in [0.25, 0.3) is 5.82 Å². The maximum atomic E-state index is 12.2. The first-order valence-corrected chi connectivity index (χ1v) is 9.46. The number of hydrogen-bond donors (Lipinski definition) is 2. The summed E-state index contributed by atoms with van der Waals surface area (Å²) in [4.78, 5) is 28.6. The third-order valence-electron chi connectivity index (χ3n) is 4.70. The lowest BCUT2D eigenvalue weighted by Crippen LogP contribution is -2.33. The van der Waals surface area contributed by atoms with Crippen LogP contribution in [0.4, 0.5) is 0 Å². The van der Waals surface area contributed by atoms with Crippen molar-refractivity contribution in [2.45, 2.75) is 38.1 Å². The van der Waals surface area contributed by atoms with Gasteiger partial charge in [-0.1, -0.05) is 0 Å². The van der Waals surface area contributed by atoms with E-state index in [1.165, 1.54) is 0 Å². The van der Waals surface area contributed by atoms with Crippen molar-refractivity contribution in [3.8, 4) is 5.82 Å². The number of nitrogens with one attached hydrogen (secondary N) is 1. The van der Waals surface area contributed by atoms with Crippen LogP contribution >= 0.6 is 22.6 Å².